The first kappa shape index (κ1) is 27.5. The van der Waals surface area contributed by atoms with Crippen molar-refractivity contribution in [2.24, 2.45) is 22.7 Å². The van der Waals surface area contributed by atoms with Crippen molar-refractivity contribution in [2.75, 3.05) is 0 Å². The van der Waals surface area contributed by atoms with E-state index < -0.39 is 0 Å². The van der Waals surface area contributed by atoms with Crippen molar-refractivity contribution in [2.45, 2.75) is 134 Å². The van der Waals surface area contributed by atoms with Gasteiger partial charge < -0.3 is 0 Å². The van der Waals surface area contributed by atoms with Crippen LogP contribution in [-0.4, -0.2) is 0 Å². The van der Waals surface area contributed by atoms with Crippen LogP contribution in [0.2, 0.25) is 0 Å². The second-order valence-electron chi connectivity index (χ2n) is 11.0. The number of hydrogen-bond acceptors (Lipinski definition) is 0. The Morgan fingerprint density at radius 3 is 1.86 bits per heavy atom. The molecular weight excluding hydrogens is 336 g/mol. The van der Waals surface area contributed by atoms with Gasteiger partial charge in [-0.2, -0.15) is 0 Å². The molecule has 0 saturated carbocycles. The smallest absolute Gasteiger partial charge is 0.0232 e. The van der Waals surface area contributed by atoms with Crippen LogP contribution in [0.5, 0.6) is 0 Å². The molecule has 0 heteroatoms. The summed E-state index contributed by atoms with van der Waals surface area (Å²) in [6, 6.07) is 0. The predicted molar refractivity (Wildman–Crippen MR) is 131 cm³/mol. The zero-order chi connectivity index (χ0) is 22.0. The molecule has 0 spiro atoms. The fourth-order valence-corrected chi connectivity index (χ4v) is 4.55. The van der Waals surface area contributed by atoms with Gasteiger partial charge in [-0.25, -0.2) is 0 Å². The van der Waals surface area contributed by atoms with E-state index in [1.165, 1.54) is 57.8 Å². The van der Waals surface area contributed by atoms with Crippen LogP contribution in [0.4, 0.5) is 0 Å². The summed E-state index contributed by atoms with van der Waals surface area (Å²) in [6.07, 6.45) is 14.1. The SMILES string of the molecule is CCCC(C)(CC(C)=CCC(C)(CC)CC)CC(C)=C(C)C(C)CCC(C)C. The van der Waals surface area contributed by atoms with Crippen LogP contribution < -0.4 is 0 Å². The van der Waals surface area contributed by atoms with E-state index in [9.17, 15) is 0 Å². The van der Waals surface area contributed by atoms with Crippen molar-refractivity contribution in [3.8, 4) is 0 Å². The van der Waals surface area contributed by atoms with E-state index in [1.807, 2.05) is 0 Å². The maximum absolute atomic E-state index is 2.55. The van der Waals surface area contributed by atoms with E-state index in [-0.39, 0.29) is 0 Å². The topological polar surface area (TPSA) is 0 Å². The van der Waals surface area contributed by atoms with E-state index in [0.29, 0.717) is 10.8 Å². The average molecular weight is 391 g/mol. The maximum atomic E-state index is 2.55. The summed E-state index contributed by atoms with van der Waals surface area (Å²) in [4.78, 5) is 0. The van der Waals surface area contributed by atoms with E-state index >= 15 is 0 Å². The molecule has 0 aliphatic rings. The molecule has 0 aromatic heterocycles. The predicted octanol–water partition coefficient (Wildman–Crippen LogP) is 10.1. The average Bonchev–Trinajstić information content (AvgIpc) is 2.63. The molecule has 0 rings (SSSR count). The molecule has 0 amide bonds. The molecule has 166 valence electrons. The molecular formula is C28H54. The normalized spacial score (nSPS) is 17.5. The Labute approximate surface area is 179 Å². The second-order valence-corrected chi connectivity index (χ2v) is 11.0. The van der Waals surface area contributed by atoms with Crippen molar-refractivity contribution in [3.63, 3.8) is 0 Å². The highest BCUT2D eigenvalue weighted by Gasteiger charge is 2.26. The zero-order valence-electron chi connectivity index (χ0n) is 21.6. The van der Waals surface area contributed by atoms with E-state index in [2.05, 4.69) is 82.2 Å². The van der Waals surface area contributed by atoms with Gasteiger partial charge in [-0.05, 0) is 75.5 Å². The highest BCUT2D eigenvalue weighted by atomic mass is 14.3. The van der Waals surface area contributed by atoms with Crippen LogP contribution in [-0.2, 0) is 0 Å². The van der Waals surface area contributed by atoms with Gasteiger partial charge in [-0.3, -0.25) is 0 Å². The lowest BCUT2D eigenvalue weighted by molar-refractivity contribution is 0.280. The Morgan fingerprint density at radius 2 is 1.39 bits per heavy atom. The lowest BCUT2D eigenvalue weighted by Crippen LogP contribution is -2.19. The third-order valence-electron chi connectivity index (χ3n) is 7.49. The van der Waals surface area contributed by atoms with Gasteiger partial charge in [0, 0.05) is 0 Å². The van der Waals surface area contributed by atoms with Crippen LogP contribution >= 0.6 is 0 Å². The van der Waals surface area contributed by atoms with E-state index in [1.54, 1.807) is 16.7 Å². The summed E-state index contributed by atoms with van der Waals surface area (Å²) in [5.41, 5.74) is 5.76. The first-order valence-corrected chi connectivity index (χ1v) is 12.2. The van der Waals surface area contributed by atoms with Gasteiger partial charge in [0.2, 0.25) is 0 Å². The van der Waals surface area contributed by atoms with Crippen molar-refractivity contribution in [1.29, 1.82) is 0 Å². The fourth-order valence-electron chi connectivity index (χ4n) is 4.55. The minimum atomic E-state index is 0.396. The molecule has 0 heterocycles. The van der Waals surface area contributed by atoms with E-state index in [4.69, 9.17) is 0 Å². The van der Waals surface area contributed by atoms with Gasteiger partial charge in [-0.15, -0.1) is 0 Å². The number of allylic oxidation sites excluding steroid dienone is 4. The minimum Gasteiger partial charge on any atom is -0.0850 e. The molecule has 0 aliphatic heterocycles. The molecule has 0 saturated heterocycles. The summed E-state index contributed by atoms with van der Waals surface area (Å²) in [5.74, 6) is 1.53. The molecule has 0 bridgehead atoms. The van der Waals surface area contributed by atoms with E-state index in [0.717, 1.165) is 11.8 Å². The quantitative estimate of drug-likeness (QED) is 0.259. The maximum Gasteiger partial charge on any atom is -0.0232 e. The Hall–Kier alpha value is -0.520. The Morgan fingerprint density at radius 1 is 0.821 bits per heavy atom. The van der Waals surface area contributed by atoms with Crippen LogP contribution in [0.1, 0.15) is 134 Å². The fraction of sp³-hybridized carbons (Fsp3) is 0.857. The summed E-state index contributed by atoms with van der Waals surface area (Å²) in [5, 5.41) is 0. The number of hydrogen-bond donors (Lipinski definition) is 0. The Kier molecular flexibility index (Phi) is 12.7. The van der Waals surface area contributed by atoms with Gasteiger partial charge in [0.15, 0.2) is 0 Å². The molecule has 2 atom stereocenters. The summed E-state index contributed by atoms with van der Waals surface area (Å²) < 4.78 is 0. The Bertz CT molecular complexity index is 486. The lowest BCUT2D eigenvalue weighted by atomic mass is 9.73. The molecule has 0 fully saturated rings. The van der Waals surface area contributed by atoms with Crippen LogP contribution in [0, 0.1) is 22.7 Å². The summed E-state index contributed by atoms with van der Waals surface area (Å²) in [6.45, 7) is 26.3. The lowest BCUT2D eigenvalue weighted by Gasteiger charge is -2.32. The molecule has 0 radical (unpaired) electrons. The van der Waals surface area contributed by atoms with Gasteiger partial charge in [0.25, 0.3) is 0 Å². The first-order chi connectivity index (χ1) is 12.9. The zero-order valence-corrected chi connectivity index (χ0v) is 21.6. The molecule has 0 nitrogen and oxygen atoms in total. The van der Waals surface area contributed by atoms with Crippen LogP contribution in [0.3, 0.4) is 0 Å². The standard InChI is InChI=1S/C28H54/c1-12-18-28(11,20-23(6)17-19-27(10,13-2)14-3)21-25(8)26(9)24(7)16-15-22(4)5/h17,22,24H,12-16,18-21H2,1-11H3. The van der Waals surface area contributed by atoms with Crippen LogP contribution in [0.25, 0.3) is 0 Å². The molecule has 0 aliphatic carbocycles. The van der Waals surface area contributed by atoms with Crippen molar-refractivity contribution in [3.05, 3.63) is 22.8 Å². The largest absolute Gasteiger partial charge is 0.0850 e. The monoisotopic (exact) mass is 390 g/mol. The molecule has 2 unspecified atom stereocenters. The van der Waals surface area contributed by atoms with Crippen LogP contribution in [0.15, 0.2) is 22.8 Å². The minimum absolute atomic E-state index is 0.396. The third kappa shape index (κ3) is 10.3. The molecule has 0 aromatic carbocycles. The number of rotatable bonds is 14. The van der Waals surface area contributed by atoms with Gasteiger partial charge in [0.05, 0.1) is 0 Å². The molecule has 0 aromatic rings. The Balaban J connectivity index is 5.21. The molecule has 0 N–H and O–H groups in total. The highest BCUT2D eigenvalue weighted by molar-refractivity contribution is 5.16. The van der Waals surface area contributed by atoms with Gasteiger partial charge in [-0.1, -0.05) is 104 Å². The summed E-state index contributed by atoms with van der Waals surface area (Å²) >= 11 is 0. The molecule has 28 heavy (non-hydrogen) atoms. The summed E-state index contributed by atoms with van der Waals surface area (Å²) in [7, 11) is 0. The second kappa shape index (κ2) is 12.9. The highest BCUT2D eigenvalue weighted by Crippen LogP contribution is 2.40. The van der Waals surface area contributed by atoms with Gasteiger partial charge in [0.1, 0.15) is 0 Å². The first-order valence-electron chi connectivity index (χ1n) is 12.2. The van der Waals surface area contributed by atoms with Gasteiger partial charge >= 0.3 is 0 Å². The third-order valence-corrected chi connectivity index (χ3v) is 7.49. The van der Waals surface area contributed by atoms with Crippen molar-refractivity contribution in [1.82, 2.24) is 0 Å². The van der Waals surface area contributed by atoms with Crippen molar-refractivity contribution >= 4 is 0 Å². The van der Waals surface area contributed by atoms with Crippen molar-refractivity contribution < 1.29 is 0 Å².